The molecule has 0 aliphatic carbocycles. The van der Waals surface area contributed by atoms with E-state index in [9.17, 15) is 10.1 Å². The number of nitrogens with one attached hydrogen (secondary N) is 1. The van der Waals surface area contributed by atoms with Gasteiger partial charge in [-0.15, -0.1) is 0 Å². The number of carbonyl (C=O) groups is 1. The van der Waals surface area contributed by atoms with E-state index in [0.717, 1.165) is 32.1 Å². The highest BCUT2D eigenvalue weighted by molar-refractivity contribution is 5.70. The molecule has 2 rings (SSSR count). The maximum Gasteiger partial charge on any atom is 0.411 e. The van der Waals surface area contributed by atoms with Crippen LogP contribution in [0.5, 0.6) is 0 Å². The SMILES string of the molecule is CN1CCN(c2nc(/C=C/NC(=O)OC(C)(C)C)c(C#N)n2C)CC1. The minimum absolute atomic E-state index is 0.455. The van der Waals surface area contributed by atoms with Crippen molar-refractivity contribution in [1.29, 1.82) is 5.26 Å². The van der Waals surface area contributed by atoms with Gasteiger partial charge in [0, 0.05) is 39.4 Å². The van der Waals surface area contributed by atoms with Crippen molar-refractivity contribution in [3.05, 3.63) is 17.6 Å². The zero-order valence-electron chi connectivity index (χ0n) is 15.5. The Morgan fingerprint density at radius 3 is 2.48 bits per heavy atom. The normalized spacial score (nSPS) is 16.1. The maximum atomic E-state index is 11.7. The van der Waals surface area contributed by atoms with E-state index in [0.29, 0.717) is 11.4 Å². The second-order valence-electron chi connectivity index (χ2n) is 7.09. The van der Waals surface area contributed by atoms with Crippen LogP contribution in [0.2, 0.25) is 0 Å². The van der Waals surface area contributed by atoms with Gasteiger partial charge in [0.15, 0.2) is 0 Å². The first-order chi connectivity index (χ1) is 11.7. The second kappa shape index (κ2) is 7.57. The number of likely N-dealkylation sites (N-methyl/N-ethyl adjacent to an activating group) is 1. The first-order valence-corrected chi connectivity index (χ1v) is 8.27. The van der Waals surface area contributed by atoms with Crippen molar-refractivity contribution in [2.24, 2.45) is 7.05 Å². The zero-order chi connectivity index (χ0) is 18.6. The van der Waals surface area contributed by atoms with Crippen LogP contribution in [0.15, 0.2) is 6.20 Å². The van der Waals surface area contributed by atoms with Gasteiger partial charge in [0.2, 0.25) is 5.95 Å². The standard InChI is InChI=1S/C17H26N6O2/c1-17(2,3)25-16(24)19-7-6-13-14(12-18)22(5)15(20-13)23-10-8-21(4)9-11-23/h6-7H,8-11H2,1-5H3,(H,19,24)/b7-6+. The number of nitriles is 1. The lowest BCUT2D eigenvalue weighted by atomic mass is 10.2. The quantitative estimate of drug-likeness (QED) is 0.893. The summed E-state index contributed by atoms with van der Waals surface area (Å²) in [5, 5.41) is 12.0. The Morgan fingerprint density at radius 1 is 1.28 bits per heavy atom. The van der Waals surface area contributed by atoms with Crippen molar-refractivity contribution >= 4 is 18.1 Å². The summed E-state index contributed by atoms with van der Waals surface area (Å²) in [6.45, 7) is 9.04. The topological polar surface area (TPSA) is 86.4 Å². The fourth-order valence-corrected chi connectivity index (χ4v) is 2.54. The van der Waals surface area contributed by atoms with E-state index < -0.39 is 11.7 Å². The third-order valence-electron chi connectivity index (χ3n) is 3.83. The summed E-state index contributed by atoms with van der Waals surface area (Å²) in [5.41, 5.74) is 0.418. The monoisotopic (exact) mass is 346 g/mol. The van der Waals surface area contributed by atoms with E-state index in [1.165, 1.54) is 6.20 Å². The molecular weight excluding hydrogens is 320 g/mol. The van der Waals surface area contributed by atoms with Crippen molar-refractivity contribution in [2.45, 2.75) is 26.4 Å². The molecule has 0 aromatic carbocycles. The molecule has 25 heavy (non-hydrogen) atoms. The van der Waals surface area contributed by atoms with Crippen LogP contribution in [0.3, 0.4) is 0 Å². The molecule has 0 unspecified atom stereocenters. The van der Waals surface area contributed by atoms with Crippen LogP contribution in [0.25, 0.3) is 6.08 Å². The van der Waals surface area contributed by atoms with Gasteiger partial charge in [-0.25, -0.2) is 9.78 Å². The number of ether oxygens (including phenoxy) is 1. The smallest absolute Gasteiger partial charge is 0.411 e. The number of nitrogens with zero attached hydrogens (tertiary/aromatic N) is 5. The van der Waals surface area contributed by atoms with Gasteiger partial charge in [0.1, 0.15) is 23.1 Å². The van der Waals surface area contributed by atoms with E-state index in [1.807, 2.05) is 7.05 Å². The number of carbonyl (C=O) groups excluding carboxylic acids is 1. The Labute approximate surface area is 148 Å². The van der Waals surface area contributed by atoms with Gasteiger partial charge in [0.25, 0.3) is 0 Å². The molecular formula is C17H26N6O2. The number of alkyl carbamates (subject to hydrolysis) is 1. The summed E-state index contributed by atoms with van der Waals surface area (Å²) >= 11 is 0. The number of anilines is 1. The van der Waals surface area contributed by atoms with Gasteiger partial charge in [-0.2, -0.15) is 5.26 Å². The lowest BCUT2D eigenvalue weighted by molar-refractivity contribution is 0.0553. The Bertz CT molecular complexity index is 687. The molecule has 1 fully saturated rings. The van der Waals surface area contributed by atoms with Crippen LogP contribution in [0, 0.1) is 11.3 Å². The third-order valence-corrected chi connectivity index (χ3v) is 3.83. The van der Waals surface area contributed by atoms with Crippen molar-refractivity contribution in [3.63, 3.8) is 0 Å². The van der Waals surface area contributed by atoms with Gasteiger partial charge in [-0.05, 0) is 33.9 Å². The summed E-state index contributed by atoms with van der Waals surface area (Å²) in [5.74, 6) is 0.765. The highest BCUT2D eigenvalue weighted by Gasteiger charge is 2.21. The Hall–Kier alpha value is -2.53. The molecule has 0 atom stereocenters. The van der Waals surface area contributed by atoms with E-state index in [1.54, 1.807) is 31.4 Å². The number of hydrogen-bond acceptors (Lipinski definition) is 6. The summed E-state index contributed by atoms with van der Waals surface area (Å²) in [4.78, 5) is 20.7. The molecule has 1 aromatic rings. The zero-order valence-corrected chi connectivity index (χ0v) is 15.5. The maximum absolute atomic E-state index is 11.7. The van der Waals surface area contributed by atoms with E-state index in [-0.39, 0.29) is 0 Å². The molecule has 0 saturated carbocycles. The van der Waals surface area contributed by atoms with Crippen LogP contribution in [0.1, 0.15) is 32.2 Å². The van der Waals surface area contributed by atoms with Gasteiger partial charge in [-0.1, -0.05) is 0 Å². The summed E-state index contributed by atoms with van der Waals surface area (Å²) in [7, 11) is 3.92. The molecule has 1 saturated heterocycles. The minimum atomic E-state index is -0.560. The molecule has 1 amide bonds. The molecule has 0 bridgehead atoms. The van der Waals surface area contributed by atoms with Crippen molar-refractivity contribution in [1.82, 2.24) is 19.8 Å². The molecule has 0 radical (unpaired) electrons. The molecule has 8 nitrogen and oxygen atoms in total. The fourth-order valence-electron chi connectivity index (χ4n) is 2.54. The molecule has 1 aliphatic heterocycles. The van der Waals surface area contributed by atoms with Crippen LogP contribution in [0.4, 0.5) is 10.7 Å². The Morgan fingerprint density at radius 2 is 1.92 bits per heavy atom. The molecule has 2 heterocycles. The first kappa shape index (κ1) is 18.8. The summed E-state index contributed by atoms with van der Waals surface area (Å²) < 4.78 is 6.95. The van der Waals surface area contributed by atoms with Crippen LogP contribution >= 0.6 is 0 Å². The van der Waals surface area contributed by atoms with E-state index in [4.69, 9.17) is 4.74 Å². The van der Waals surface area contributed by atoms with E-state index >= 15 is 0 Å². The van der Waals surface area contributed by atoms with Crippen LogP contribution in [-0.4, -0.2) is 59.4 Å². The largest absolute Gasteiger partial charge is 0.444 e. The Kier molecular flexibility index (Phi) is 5.69. The van der Waals surface area contributed by atoms with Gasteiger partial charge in [0.05, 0.1) is 0 Å². The second-order valence-corrected chi connectivity index (χ2v) is 7.09. The number of rotatable bonds is 3. The predicted octanol–water partition coefficient (Wildman–Crippen LogP) is 1.54. The van der Waals surface area contributed by atoms with Crippen molar-refractivity contribution in [2.75, 3.05) is 38.1 Å². The van der Waals surface area contributed by atoms with Gasteiger partial charge >= 0.3 is 6.09 Å². The first-order valence-electron chi connectivity index (χ1n) is 8.27. The number of piperazine rings is 1. The van der Waals surface area contributed by atoms with Crippen LogP contribution in [-0.2, 0) is 11.8 Å². The van der Waals surface area contributed by atoms with Gasteiger partial charge < -0.3 is 19.1 Å². The number of amides is 1. The molecule has 1 N–H and O–H groups in total. The molecule has 136 valence electrons. The highest BCUT2D eigenvalue weighted by atomic mass is 16.6. The van der Waals surface area contributed by atoms with Crippen molar-refractivity contribution in [3.8, 4) is 6.07 Å². The number of aromatic nitrogens is 2. The Balaban J connectivity index is 2.11. The average molecular weight is 346 g/mol. The van der Waals surface area contributed by atoms with Crippen molar-refractivity contribution < 1.29 is 9.53 Å². The third kappa shape index (κ3) is 4.97. The van der Waals surface area contributed by atoms with Crippen LogP contribution < -0.4 is 10.2 Å². The number of hydrogen-bond donors (Lipinski definition) is 1. The average Bonchev–Trinajstić information content (AvgIpc) is 2.82. The minimum Gasteiger partial charge on any atom is -0.444 e. The summed E-state index contributed by atoms with van der Waals surface area (Å²) in [6, 6.07) is 2.18. The van der Waals surface area contributed by atoms with Gasteiger partial charge in [-0.3, -0.25) is 5.32 Å². The van der Waals surface area contributed by atoms with E-state index in [2.05, 4.69) is 33.2 Å². The fraction of sp³-hybridized carbons (Fsp3) is 0.588. The molecule has 1 aromatic heterocycles. The lowest BCUT2D eigenvalue weighted by Gasteiger charge is -2.32. The lowest BCUT2D eigenvalue weighted by Crippen LogP contribution is -2.45. The summed E-state index contributed by atoms with van der Waals surface area (Å²) in [6.07, 6.45) is 2.52. The number of imidazole rings is 1. The molecule has 0 spiro atoms. The highest BCUT2D eigenvalue weighted by Crippen LogP contribution is 2.20. The predicted molar refractivity (Wildman–Crippen MR) is 96.0 cm³/mol. The molecule has 1 aliphatic rings. The molecule has 8 heteroatoms.